The molecule has 0 aliphatic carbocycles. The van der Waals surface area contributed by atoms with E-state index in [4.69, 9.17) is 0 Å². The van der Waals surface area contributed by atoms with Crippen LogP contribution in [0.4, 0.5) is 0 Å². The van der Waals surface area contributed by atoms with Gasteiger partial charge in [0.2, 0.25) is 0 Å². The fraction of sp³-hybridized carbons (Fsp3) is 0.545. The minimum absolute atomic E-state index is 0.534. The van der Waals surface area contributed by atoms with Crippen LogP contribution in [0, 0.1) is 0 Å². The molecule has 3 aromatic heterocycles. The highest BCUT2D eigenvalue weighted by atomic mass is 14.7. The van der Waals surface area contributed by atoms with Crippen molar-refractivity contribution >= 4 is 0 Å². The molecule has 0 unspecified atom stereocenters. The van der Waals surface area contributed by atoms with Crippen molar-refractivity contribution in [3.05, 3.63) is 88.8 Å². The van der Waals surface area contributed by atoms with Crippen LogP contribution in [0.25, 0.3) is 0 Å². The van der Waals surface area contributed by atoms with Gasteiger partial charge in [-0.25, -0.2) is 0 Å². The monoisotopic (exact) mass is 489 g/mol. The lowest BCUT2D eigenvalue weighted by molar-refractivity contribution is 0.802. The number of pyridine rings is 3. The lowest BCUT2D eigenvalue weighted by Gasteiger charge is -2.09. The molecule has 0 atom stereocenters. The third-order valence-electron chi connectivity index (χ3n) is 6.30. The van der Waals surface area contributed by atoms with Crippen molar-refractivity contribution in [1.29, 1.82) is 0 Å². The molecule has 3 heteroatoms. The lowest BCUT2D eigenvalue weighted by atomic mass is 9.99. The topological polar surface area (TPSA) is 38.7 Å². The number of hydrogen-bond donors (Lipinski definition) is 0. The third-order valence-corrected chi connectivity index (χ3v) is 6.30. The Morgan fingerprint density at radius 1 is 0.389 bits per heavy atom. The molecule has 0 aromatic carbocycles. The van der Waals surface area contributed by atoms with Crippen LogP contribution in [0.5, 0.6) is 0 Å². The van der Waals surface area contributed by atoms with Crippen molar-refractivity contribution in [3.63, 3.8) is 0 Å². The molecule has 3 aromatic rings. The maximum atomic E-state index is 4.40. The maximum absolute atomic E-state index is 4.40. The molecule has 0 saturated heterocycles. The molecular formula is C33H51N3. The van der Waals surface area contributed by atoms with E-state index in [1.54, 1.807) is 0 Å². The van der Waals surface area contributed by atoms with E-state index in [9.17, 15) is 0 Å². The quantitative estimate of drug-likeness (QED) is 0.346. The molecule has 36 heavy (non-hydrogen) atoms. The first kappa shape index (κ1) is 31.5. The fourth-order valence-corrected chi connectivity index (χ4v) is 3.32. The van der Waals surface area contributed by atoms with Gasteiger partial charge < -0.3 is 0 Å². The lowest BCUT2D eigenvalue weighted by Crippen LogP contribution is -1.94. The maximum Gasteiger partial charge on any atom is 0.0429 e. The van der Waals surface area contributed by atoms with Crippen molar-refractivity contribution in [2.45, 2.75) is 119 Å². The first-order chi connectivity index (χ1) is 16.8. The second kappa shape index (κ2) is 15.5. The summed E-state index contributed by atoms with van der Waals surface area (Å²) in [6, 6.07) is 8.80. The second-order valence-corrected chi connectivity index (χ2v) is 11.5. The molecule has 3 heterocycles. The van der Waals surface area contributed by atoms with Gasteiger partial charge in [-0.05, 0) is 69.4 Å². The van der Waals surface area contributed by atoms with Gasteiger partial charge in [-0.1, -0.05) is 101 Å². The number of aromatic nitrogens is 3. The highest BCUT2D eigenvalue weighted by molar-refractivity contribution is 5.24. The summed E-state index contributed by atoms with van der Waals surface area (Å²) in [6.45, 7) is 26.3. The third kappa shape index (κ3) is 11.0. The Labute approximate surface area is 222 Å². The Hall–Kier alpha value is -2.55. The molecule has 0 saturated carbocycles. The van der Waals surface area contributed by atoms with Gasteiger partial charge in [0.25, 0.3) is 0 Å². The van der Waals surface area contributed by atoms with E-state index in [0.29, 0.717) is 35.5 Å². The van der Waals surface area contributed by atoms with E-state index < -0.39 is 0 Å². The van der Waals surface area contributed by atoms with Gasteiger partial charge in [0.1, 0.15) is 0 Å². The number of nitrogens with zero attached hydrogens (tertiary/aromatic N) is 3. The highest BCUT2D eigenvalue weighted by Crippen LogP contribution is 2.20. The highest BCUT2D eigenvalue weighted by Gasteiger charge is 2.05. The molecular weight excluding hydrogens is 438 g/mol. The number of rotatable bonds is 6. The zero-order valence-corrected chi connectivity index (χ0v) is 25.0. The molecule has 3 nitrogen and oxygen atoms in total. The number of hydrogen-bond acceptors (Lipinski definition) is 3. The molecule has 0 amide bonds. The van der Waals surface area contributed by atoms with E-state index in [-0.39, 0.29) is 0 Å². The van der Waals surface area contributed by atoms with Crippen LogP contribution >= 0.6 is 0 Å². The molecule has 0 N–H and O–H groups in total. The first-order valence-corrected chi connectivity index (χ1v) is 13.7. The fourth-order valence-electron chi connectivity index (χ4n) is 3.32. The smallest absolute Gasteiger partial charge is 0.0429 e. The van der Waals surface area contributed by atoms with Crippen LogP contribution in [0.15, 0.2) is 55.2 Å². The zero-order valence-electron chi connectivity index (χ0n) is 25.0. The Balaban J connectivity index is 0.000000270. The minimum atomic E-state index is 0.534. The predicted octanol–water partition coefficient (Wildman–Crippen LogP) is 9.99. The second-order valence-electron chi connectivity index (χ2n) is 11.5. The summed E-state index contributed by atoms with van der Waals surface area (Å²) in [4.78, 5) is 12.9. The average Bonchev–Trinajstić information content (AvgIpc) is 2.85. The van der Waals surface area contributed by atoms with Crippen LogP contribution in [-0.2, 0) is 0 Å². The van der Waals surface area contributed by atoms with Gasteiger partial charge in [-0.3, -0.25) is 15.0 Å². The van der Waals surface area contributed by atoms with Crippen LogP contribution in [0.2, 0.25) is 0 Å². The van der Waals surface area contributed by atoms with Crippen molar-refractivity contribution < 1.29 is 0 Å². The Kier molecular flexibility index (Phi) is 13.6. The summed E-state index contributed by atoms with van der Waals surface area (Å²) in [5, 5.41) is 0. The molecule has 0 spiro atoms. The van der Waals surface area contributed by atoms with Gasteiger partial charge in [0.15, 0.2) is 0 Å². The average molecular weight is 490 g/mol. The SMILES string of the molecule is CC(C)c1ccc(C(C)C)nc1.CC(C)c1cncc(C(C)C)c1.CC(C)c1cncc(C(C)C)c1. The van der Waals surface area contributed by atoms with E-state index in [1.807, 2.05) is 31.0 Å². The van der Waals surface area contributed by atoms with Gasteiger partial charge >= 0.3 is 0 Å². The van der Waals surface area contributed by atoms with Crippen LogP contribution in [-0.4, -0.2) is 15.0 Å². The van der Waals surface area contributed by atoms with E-state index in [0.717, 1.165) is 0 Å². The Bertz CT molecular complexity index is 870. The van der Waals surface area contributed by atoms with Gasteiger partial charge in [-0.2, -0.15) is 0 Å². The Morgan fingerprint density at radius 2 is 0.722 bits per heavy atom. The molecule has 0 bridgehead atoms. The van der Waals surface area contributed by atoms with Gasteiger partial charge in [-0.15, -0.1) is 0 Å². The molecule has 3 rings (SSSR count). The standard InChI is InChI=1S/3C11H17N/c2*1-8(2)10-5-11(9(3)4)7-12-6-10;1-8(2)10-5-6-11(9(3)4)12-7-10/h3*5-9H,1-4H3. The largest absolute Gasteiger partial charge is 0.264 e. The normalized spacial score (nSPS) is 11.2. The van der Waals surface area contributed by atoms with Gasteiger partial charge in [0.05, 0.1) is 0 Å². The minimum Gasteiger partial charge on any atom is -0.264 e. The van der Waals surface area contributed by atoms with Crippen LogP contribution in [0.3, 0.4) is 0 Å². The van der Waals surface area contributed by atoms with Crippen LogP contribution in [0.1, 0.15) is 152 Å². The molecule has 198 valence electrons. The van der Waals surface area contributed by atoms with Crippen molar-refractivity contribution in [2.24, 2.45) is 0 Å². The first-order valence-electron chi connectivity index (χ1n) is 13.7. The summed E-state index contributed by atoms with van der Waals surface area (Å²) < 4.78 is 0. The predicted molar refractivity (Wildman–Crippen MR) is 157 cm³/mol. The molecule has 0 aliphatic rings. The van der Waals surface area contributed by atoms with Crippen molar-refractivity contribution in [1.82, 2.24) is 15.0 Å². The van der Waals surface area contributed by atoms with Crippen molar-refractivity contribution in [3.8, 4) is 0 Å². The summed E-state index contributed by atoms with van der Waals surface area (Å²) in [5.41, 5.74) is 7.84. The van der Waals surface area contributed by atoms with E-state index in [2.05, 4.69) is 122 Å². The van der Waals surface area contributed by atoms with Crippen LogP contribution < -0.4 is 0 Å². The van der Waals surface area contributed by atoms with Gasteiger partial charge in [0, 0.05) is 36.7 Å². The Morgan fingerprint density at radius 3 is 0.944 bits per heavy atom. The molecule has 0 radical (unpaired) electrons. The van der Waals surface area contributed by atoms with Crippen molar-refractivity contribution in [2.75, 3.05) is 0 Å². The summed E-state index contributed by atoms with van der Waals surface area (Å²) in [6.07, 6.45) is 9.81. The summed E-state index contributed by atoms with van der Waals surface area (Å²) >= 11 is 0. The molecule has 0 aliphatic heterocycles. The zero-order chi connectivity index (χ0) is 27.4. The summed E-state index contributed by atoms with van der Waals surface area (Å²) in [5.74, 6) is 3.43. The van der Waals surface area contributed by atoms with E-state index >= 15 is 0 Å². The molecule has 0 fully saturated rings. The van der Waals surface area contributed by atoms with E-state index in [1.165, 1.54) is 33.5 Å². The summed E-state index contributed by atoms with van der Waals surface area (Å²) in [7, 11) is 0.